The van der Waals surface area contributed by atoms with Gasteiger partial charge in [-0.3, -0.25) is 4.79 Å². The molecule has 0 spiro atoms. The van der Waals surface area contributed by atoms with E-state index in [2.05, 4.69) is 31.2 Å². The number of ether oxygens (including phenoxy) is 2. The van der Waals surface area contributed by atoms with E-state index in [9.17, 15) is 4.79 Å². The molecule has 1 aliphatic heterocycles. The zero-order valence-electron chi connectivity index (χ0n) is 21.0. The number of rotatable bonds is 5. The van der Waals surface area contributed by atoms with Crippen molar-refractivity contribution in [2.24, 2.45) is 0 Å². The second kappa shape index (κ2) is 9.09. The summed E-state index contributed by atoms with van der Waals surface area (Å²) in [5, 5.41) is 1.24. The molecule has 1 fully saturated rings. The highest BCUT2D eigenvalue weighted by Crippen LogP contribution is 2.46. The second-order valence-electron chi connectivity index (χ2n) is 10.9. The third-order valence-corrected chi connectivity index (χ3v) is 8.20. The Morgan fingerprint density at radius 2 is 1.94 bits per heavy atom. The molecule has 0 bridgehead atoms. The van der Waals surface area contributed by atoms with E-state index in [1.54, 1.807) is 6.92 Å². The van der Waals surface area contributed by atoms with Gasteiger partial charge in [0.1, 0.15) is 11.9 Å². The van der Waals surface area contributed by atoms with Crippen LogP contribution in [-0.4, -0.2) is 23.0 Å². The van der Waals surface area contributed by atoms with Gasteiger partial charge in [0, 0.05) is 17.0 Å². The van der Waals surface area contributed by atoms with Crippen LogP contribution in [0.1, 0.15) is 93.5 Å². The van der Waals surface area contributed by atoms with E-state index in [-0.39, 0.29) is 5.78 Å². The van der Waals surface area contributed by atoms with Gasteiger partial charge in [0.25, 0.3) is 0 Å². The highest BCUT2D eigenvalue weighted by atomic mass is 32.1. The lowest BCUT2D eigenvalue weighted by atomic mass is 9.88. The normalized spacial score (nSPS) is 17.6. The lowest BCUT2D eigenvalue weighted by molar-refractivity contribution is -0.138. The van der Waals surface area contributed by atoms with Gasteiger partial charge < -0.3 is 9.47 Å². The quantitative estimate of drug-likeness (QED) is 0.378. The van der Waals surface area contributed by atoms with Crippen LogP contribution in [0.15, 0.2) is 24.3 Å². The molecule has 1 atom stereocenters. The minimum Gasteiger partial charge on any atom is -0.493 e. The molecule has 0 radical (unpaired) electrons. The minimum atomic E-state index is -0.622. The van der Waals surface area contributed by atoms with Gasteiger partial charge in [0.2, 0.25) is 0 Å². The molecule has 1 saturated carbocycles. The molecular formula is C29H35NO3S. The van der Waals surface area contributed by atoms with E-state index in [0.717, 1.165) is 53.0 Å². The van der Waals surface area contributed by atoms with Gasteiger partial charge in [-0.15, -0.1) is 11.3 Å². The van der Waals surface area contributed by atoms with Crippen LogP contribution < -0.4 is 4.74 Å². The van der Waals surface area contributed by atoms with E-state index < -0.39 is 11.7 Å². The first-order valence-electron chi connectivity index (χ1n) is 12.6. The molecule has 0 saturated heterocycles. The second-order valence-corrected chi connectivity index (χ2v) is 11.9. The monoisotopic (exact) mass is 477 g/mol. The number of ketones is 1. The first kappa shape index (κ1) is 23.5. The van der Waals surface area contributed by atoms with Crippen molar-refractivity contribution in [1.29, 1.82) is 0 Å². The number of aryl methyl sites for hydroxylation is 2. The topological polar surface area (TPSA) is 48.4 Å². The van der Waals surface area contributed by atoms with E-state index in [0.29, 0.717) is 5.92 Å². The molecule has 5 rings (SSSR count). The van der Waals surface area contributed by atoms with Crippen molar-refractivity contribution in [3.8, 4) is 16.9 Å². The summed E-state index contributed by atoms with van der Waals surface area (Å²) in [6, 6.07) is 8.65. The van der Waals surface area contributed by atoms with Crippen LogP contribution in [0.25, 0.3) is 21.3 Å². The van der Waals surface area contributed by atoms with Gasteiger partial charge in [0.15, 0.2) is 5.78 Å². The Hall–Kier alpha value is -2.24. The van der Waals surface area contributed by atoms with Crippen LogP contribution in [0.3, 0.4) is 0 Å². The van der Waals surface area contributed by atoms with Gasteiger partial charge in [0.05, 0.1) is 27.4 Å². The maximum Gasteiger partial charge on any atom is 0.163 e. The molecule has 4 nitrogen and oxygen atoms in total. The molecule has 1 aromatic heterocycles. The maximum absolute atomic E-state index is 13.0. The van der Waals surface area contributed by atoms with Gasteiger partial charge in [-0.25, -0.2) is 4.98 Å². The Bertz CT molecular complexity index is 1230. The highest BCUT2D eigenvalue weighted by Gasteiger charge is 2.31. The average molecular weight is 478 g/mol. The number of thiazole rings is 1. The molecule has 2 aliphatic rings. The number of fused-ring (bicyclic) bond motifs is 2. The molecule has 2 aromatic carbocycles. The minimum absolute atomic E-state index is 0.0282. The third-order valence-electron chi connectivity index (χ3n) is 6.95. The molecule has 34 heavy (non-hydrogen) atoms. The van der Waals surface area contributed by atoms with Gasteiger partial charge >= 0.3 is 0 Å². The standard InChI is InChI=1S/C29H35NO3S/c1-17-15-22-27(34-28(30-22)19-9-6-7-10-19)25(24(17)26(18(2)31)33-29(3,4)5)21-12-13-23-20(16-21)11-8-14-32-23/h12-13,15-16,19,26H,6-11,14H2,1-5H3/t26-/m1/s1. The van der Waals surface area contributed by atoms with Crippen LogP contribution in [0.5, 0.6) is 5.75 Å². The van der Waals surface area contributed by atoms with Crippen molar-refractivity contribution in [2.75, 3.05) is 6.61 Å². The maximum atomic E-state index is 13.0. The SMILES string of the molecule is CC(=O)[C@@H](OC(C)(C)C)c1c(C)cc2nc(C3CCCC3)sc2c1-c1ccc2c(c1)CCCO2. The molecule has 5 heteroatoms. The fourth-order valence-electron chi connectivity index (χ4n) is 5.41. The van der Waals surface area contributed by atoms with Crippen molar-refractivity contribution in [2.45, 2.75) is 90.8 Å². The molecule has 2 heterocycles. The fourth-order valence-corrected chi connectivity index (χ4v) is 6.71. The Kier molecular flexibility index (Phi) is 6.28. The summed E-state index contributed by atoms with van der Waals surface area (Å²) in [4.78, 5) is 18.1. The van der Waals surface area contributed by atoms with Gasteiger partial charge in [-0.1, -0.05) is 18.9 Å². The van der Waals surface area contributed by atoms with E-state index in [4.69, 9.17) is 14.5 Å². The Balaban J connectivity index is 1.76. The van der Waals surface area contributed by atoms with Crippen molar-refractivity contribution < 1.29 is 14.3 Å². The Morgan fingerprint density at radius 1 is 1.18 bits per heavy atom. The largest absolute Gasteiger partial charge is 0.493 e. The summed E-state index contributed by atoms with van der Waals surface area (Å²) in [6.45, 7) is 10.5. The Labute approximate surface area is 206 Å². The predicted octanol–water partition coefficient (Wildman–Crippen LogP) is 7.70. The van der Waals surface area contributed by atoms with Gasteiger partial charge in [-0.05, 0) is 95.2 Å². The Morgan fingerprint density at radius 3 is 2.65 bits per heavy atom. The van der Waals surface area contributed by atoms with Crippen LogP contribution in [0.4, 0.5) is 0 Å². The number of carbonyl (C=O) groups is 1. The number of carbonyl (C=O) groups excluding carboxylic acids is 1. The van der Waals surface area contributed by atoms with E-state index in [1.165, 1.54) is 41.0 Å². The van der Waals surface area contributed by atoms with Crippen molar-refractivity contribution >= 4 is 27.3 Å². The summed E-state index contributed by atoms with van der Waals surface area (Å²) < 4.78 is 13.5. The summed E-state index contributed by atoms with van der Waals surface area (Å²) in [6.07, 6.45) is 6.44. The van der Waals surface area contributed by atoms with Crippen molar-refractivity contribution in [3.05, 3.63) is 46.0 Å². The summed E-state index contributed by atoms with van der Waals surface area (Å²) in [5.74, 6) is 1.56. The molecule has 0 amide bonds. The molecule has 180 valence electrons. The first-order valence-corrected chi connectivity index (χ1v) is 13.4. The lowest BCUT2D eigenvalue weighted by Crippen LogP contribution is -2.27. The number of hydrogen-bond donors (Lipinski definition) is 0. The van der Waals surface area contributed by atoms with Crippen LogP contribution in [0.2, 0.25) is 0 Å². The first-order chi connectivity index (χ1) is 16.2. The third kappa shape index (κ3) is 4.52. The van der Waals surface area contributed by atoms with E-state index in [1.807, 2.05) is 32.1 Å². The zero-order valence-corrected chi connectivity index (χ0v) is 21.8. The number of benzene rings is 2. The molecule has 0 N–H and O–H groups in total. The number of Topliss-reactive ketones (excluding diaryl/α,β-unsaturated/α-hetero) is 1. The number of aromatic nitrogens is 1. The van der Waals surface area contributed by atoms with Gasteiger partial charge in [-0.2, -0.15) is 0 Å². The fraction of sp³-hybridized carbons (Fsp3) is 0.517. The van der Waals surface area contributed by atoms with Crippen LogP contribution in [-0.2, 0) is 16.0 Å². The average Bonchev–Trinajstić information content (AvgIpc) is 3.45. The molecule has 3 aromatic rings. The highest BCUT2D eigenvalue weighted by molar-refractivity contribution is 7.19. The van der Waals surface area contributed by atoms with Crippen molar-refractivity contribution in [3.63, 3.8) is 0 Å². The summed E-state index contributed by atoms with van der Waals surface area (Å²) >= 11 is 1.81. The summed E-state index contributed by atoms with van der Waals surface area (Å²) in [5.41, 5.74) is 6.10. The zero-order chi connectivity index (χ0) is 24.0. The van der Waals surface area contributed by atoms with Crippen molar-refractivity contribution in [1.82, 2.24) is 4.98 Å². The number of hydrogen-bond acceptors (Lipinski definition) is 5. The molecule has 1 aliphatic carbocycles. The van der Waals surface area contributed by atoms with Crippen LogP contribution in [0, 0.1) is 6.92 Å². The smallest absolute Gasteiger partial charge is 0.163 e. The molecular weight excluding hydrogens is 442 g/mol. The number of nitrogens with zero attached hydrogens (tertiary/aromatic N) is 1. The lowest BCUT2D eigenvalue weighted by Gasteiger charge is -2.29. The summed E-state index contributed by atoms with van der Waals surface area (Å²) in [7, 11) is 0. The van der Waals surface area contributed by atoms with E-state index >= 15 is 0 Å². The predicted molar refractivity (Wildman–Crippen MR) is 139 cm³/mol. The molecule has 0 unspecified atom stereocenters. The van der Waals surface area contributed by atoms with Crippen LogP contribution >= 0.6 is 11.3 Å².